The highest BCUT2D eigenvalue weighted by molar-refractivity contribution is 6.34. The summed E-state index contributed by atoms with van der Waals surface area (Å²) in [6, 6.07) is 12.4. The molecule has 4 heterocycles. The fraction of sp³-hybridized carbons (Fsp3) is 0.296. The summed E-state index contributed by atoms with van der Waals surface area (Å²) in [7, 11) is 1.64. The number of methoxy groups -OCH3 is 1. The molecule has 0 saturated carbocycles. The van der Waals surface area contributed by atoms with Crippen LogP contribution in [0.3, 0.4) is 0 Å². The van der Waals surface area contributed by atoms with Crippen molar-refractivity contribution < 1.29 is 13.9 Å². The second-order valence-corrected chi connectivity index (χ2v) is 9.76. The maximum Gasteiger partial charge on any atom is 0.167 e. The summed E-state index contributed by atoms with van der Waals surface area (Å²) in [5, 5.41) is 4.49. The quantitative estimate of drug-likeness (QED) is 0.305. The molecule has 35 heavy (non-hydrogen) atoms. The van der Waals surface area contributed by atoms with E-state index >= 15 is 0 Å². The van der Waals surface area contributed by atoms with E-state index in [0.717, 1.165) is 54.1 Å². The third-order valence-electron chi connectivity index (χ3n) is 6.90. The van der Waals surface area contributed by atoms with Crippen LogP contribution in [0.2, 0.25) is 5.02 Å². The van der Waals surface area contributed by atoms with Gasteiger partial charge in [0, 0.05) is 36.8 Å². The molecular weight excluding hydrogens is 467 g/mol. The van der Waals surface area contributed by atoms with E-state index in [9.17, 15) is 9.18 Å². The maximum absolute atomic E-state index is 14.2. The van der Waals surface area contributed by atoms with E-state index in [2.05, 4.69) is 23.0 Å². The van der Waals surface area contributed by atoms with E-state index in [1.54, 1.807) is 23.9 Å². The predicted octanol–water partition coefficient (Wildman–Crippen LogP) is 6.08. The molecule has 1 aromatic carbocycles. The second kappa shape index (κ2) is 9.30. The Morgan fingerprint density at radius 2 is 2.00 bits per heavy atom. The number of pyridine rings is 2. The van der Waals surface area contributed by atoms with Crippen molar-refractivity contribution in [2.24, 2.45) is 5.41 Å². The first kappa shape index (κ1) is 23.3. The molecule has 0 aliphatic carbocycles. The zero-order chi connectivity index (χ0) is 24.6. The standard InChI is InChI=1S/C27H26ClFN4O2/c1-27(15-24(34)26-21(28)4-3-5-22(26)29)9-12-32(13-10-27)25-7-6-18(16-30-25)20-14-19(35-2)17-33-23(20)8-11-31-33/h3-8,11,14,16-17H,9-10,12-13,15H2,1-2H3. The lowest BCUT2D eigenvalue weighted by molar-refractivity contribution is 0.0894. The van der Waals surface area contributed by atoms with E-state index in [1.165, 1.54) is 12.1 Å². The zero-order valence-corrected chi connectivity index (χ0v) is 20.4. The summed E-state index contributed by atoms with van der Waals surface area (Å²) < 4.78 is 21.4. The fourth-order valence-electron chi connectivity index (χ4n) is 4.77. The Balaban J connectivity index is 1.28. The second-order valence-electron chi connectivity index (χ2n) is 9.35. The highest BCUT2D eigenvalue weighted by atomic mass is 35.5. The number of Topliss-reactive ketones (excluding diaryl/α,β-unsaturated/α-hetero) is 1. The topological polar surface area (TPSA) is 59.7 Å². The molecule has 5 rings (SSSR count). The highest BCUT2D eigenvalue weighted by Crippen LogP contribution is 2.38. The Kier molecular flexibility index (Phi) is 6.19. The van der Waals surface area contributed by atoms with Crippen LogP contribution >= 0.6 is 11.6 Å². The Morgan fingerprint density at radius 1 is 1.20 bits per heavy atom. The summed E-state index contributed by atoms with van der Waals surface area (Å²) in [5.74, 6) is 0.821. The van der Waals surface area contributed by atoms with Crippen LogP contribution in [0.25, 0.3) is 16.6 Å². The third kappa shape index (κ3) is 4.60. The normalized spacial score (nSPS) is 15.4. The van der Waals surface area contributed by atoms with Crippen molar-refractivity contribution in [3.05, 3.63) is 77.5 Å². The van der Waals surface area contributed by atoms with Gasteiger partial charge in [0.15, 0.2) is 5.78 Å². The summed E-state index contributed by atoms with van der Waals surface area (Å²) in [4.78, 5) is 19.8. The number of anilines is 1. The lowest BCUT2D eigenvalue weighted by Gasteiger charge is -2.39. The van der Waals surface area contributed by atoms with Crippen molar-refractivity contribution >= 4 is 28.7 Å². The van der Waals surface area contributed by atoms with E-state index < -0.39 is 5.82 Å². The molecule has 0 radical (unpaired) electrons. The molecule has 1 aliphatic heterocycles. The number of fused-ring (bicyclic) bond motifs is 1. The lowest BCUT2D eigenvalue weighted by Crippen LogP contribution is -2.40. The van der Waals surface area contributed by atoms with Crippen LogP contribution in [0.1, 0.15) is 36.5 Å². The minimum atomic E-state index is -0.558. The van der Waals surface area contributed by atoms with Crippen LogP contribution in [0.15, 0.2) is 61.1 Å². The van der Waals surface area contributed by atoms with Crippen molar-refractivity contribution in [2.75, 3.05) is 25.1 Å². The third-order valence-corrected chi connectivity index (χ3v) is 7.22. The van der Waals surface area contributed by atoms with Crippen LogP contribution in [0.4, 0.5) is 10.2 Å². The first-order valence-corrected chi connectivity index (χ1v) is 11.9. The fourth-order valence-corrected chi connectivity index (χ4v) is 5.04. The summed E-state index contributed by atoms with van der Waals surface area (Å²) in [5.41, 5.74) is 2.74. The monoisotopic (exact) mass is 492 g/mol. The largest absolute Gasteiger partial charge is 0.495 e. The molecule has 4 aromatic rings. The SMILES string of the molecule is COc1cc(-c2ccc(N3CCC(C)(CC(=O)c4c(F)cccc4Cl)CC3)nc2)c2ccnn2c1. The first-order chi connectivity index (χ1) is 16.9. The Hall–Kier alpha value is -3.45. The van der Waals surface area contributed by atoms with Crippen molar-refractivity contribution in [2.45, 2.75) is 26.2 Å². The van der Waals surface area contributed by atoms with Crippen molar-refractivity contribution in [1.29, 1.82) is 0 Å². The van der Waals surface area contributed by atoms with Gasteiger partial charge in [0.05, 0.1) is 35.6 Å². The molecule has 1 aliphatic rings. The number of hydrogen-bond donors (Lipinski definition) is 0. The van der Waals surface area contributed by atoms with Gasteiger partial charge in [0.2, 0.25) is 0 Å². The molecular formula is C27H26ClFN4O2. The summed E-state index contributed by atoms with van der Waals surface area (Å²) in [6.45, 7) is 3.63. The maximum atomic E-state index is 14.2. The minimum Gasteiger partial charge on any atom is -0.495 e. The molecule has 0 amide bonds. The van der Waals surface area contributed by atoms with Gasteiger partial charge in [0.1, 0.15) is 17.4 Å². The predicted molar refractivity (Wildman–Crippen MR) is 135 cm³/mol. The number of carbonyl (C=O) groups is 1. The van der Waals surface area contributed by atoms with Crippen LogP contribution in [-0.4, -0.2) is 40.6 Å². The number of aromatic nitrogens is 3. The molecule has 0 atom stereocenters. The molecule has 1 saturated heterocycles. The lowest BCUT2D eigenvalue weighted by atomic mass is 9.75. The number of benzene rings is 1. The van der Waals surface area contributed by atoms with Crippen LogP contribution < -0.4 is 9.64 Å². The number of hydrogen-bond acceptors (Lipinski definition) is 5. The van der Waals surface area contributed by atoms with Gasteiger partial charge in [-0.3, -0.25) is 4.79 Å². The van der Waals surface area contributed by atoms with Gasteiger partial charge in [-0.25, -0.2) is 13.9 Å². The van der Waals surface area contributed by atoms with Gasteiger partial charge >= 0.3 is 0 Å². The summed E-state index contributed by atoms with van der Waals surface area (Å²) >= 11 is 6.10. The Bertz CT molecular complexity index is 1360. The van der Waals surface area contributed by atoms with Gasteiger partial charge in [0.25, 0.3) is 0 Å². The van der Waals surface area contributed by atoms with Gasteiger partial charge in [-0.15, -0.1) is 0 Å². The molecule has 0 N–H and O–H groups in total. The van der Waals surface area contributed by atoms with Crippen LogP contribution in [-0.2, 0) is 0 Å². The van der Waals surface area contributed by atoms with E-state index in [1.807, 2.05) is 30.6 Å². The Morgan fingerprint density at radius 3 is 2.69 bits per heavy atom. The molecule has 0 spiro atoms. The number of ketones is 1. The van der Waals surface area contributed by atoms with E-state index in [-0.39, 0.29) is 28.2 Å². The number of rotatable bonds is 6. The Labute approximate surface area is 208 Å². The van der Waals surface area contributed by atoms with E-state index in [0.29, 0.717) is 0 Å². The van der Waals surface area contributed by atoms with Crippen molar-refractivity contribution in [3.8, 4) is 16.9 Å². The molecule has 0 unspecified atom stereocenters. The minimum absolute atomic E-state index is 0.0000809. The van der Waals surface area contributed by atoms with E-state index in [4.69, 9.17) is 21.3 Å². The molecule has 180 valence electrons. The molecule has 1 fully saturated rings. The number of piperidine rings is 1. The number of carbonyl (C=O) groups excluding carboxylic acids is 1. The van der Waals surface area contributed by atoms with Crippen molar-refractivity contribution in [1.82, 2.24) is 14.6 Å². The van der Waals surface area contributed by atoms with Gasteiger partial charge < -0.3 is 9.64 Å². The average molecular weight is 493 g/mol. The zero-order valence-electron chi connectivity index (χ0n) is 19.7. The van der Waals surface area contributed by atoms with Gasteiger partial charge in [-0.05, 0) is 54.7 Å². The summed E-state index contributed by atoms with van der Waals surface area (Å²) in [6.07, 6.45) is 7.35. The van der Waals surface area contributed by atoms with Crippen molar-refractivity contribution in [3.63, 3.8) is 0 Å². The van der Waals surface area contributed by atoms with Gasteiger partial charge in [-0.1, -0.05) is 24.6 Å². The van der Waals surface area contributed by atoms with Gasteiger partial charge in [-0.2, -0.15) is 5.10 Å². The highest BCUT2D eigenvalue weighted by Gasteiger charge is 2.34. The smallest absolute Gasteiger partial charge is 0.167 e. The average Bonchev–Trinajstić information content (AvgIpc) is 3.32. The molecule has 0 bridgehead atoms. The molecule has 6 nitrogen and oxygen atoms in total. The number of ether oxygens (including phenoxy) is 1. The number of nitrogens with zero attached hydrogens (tertiary/aromatic N) is 4. The molecule has 8 heteroatoms. The number of halogens is 2. The first-order valence-electron chi connectivity index (χ1n) is 11.6. The van der Waals surface area contributed by atoms with Crippen LogP contribution in [0.5, 0.6) is 5.75 Å². The van der Waals surface area contributed by atoms with Crippen LogP contribution in [0, 0.1) is 11.2 Å². The molecule has 3 aromatic heterocycles.